The first-order valence-electron chi connectivity index (χ1n) is 5.24. The fourth-order valence-corrected chi connectivity index (χ4v) is 2.61. The van der Waals surface area contributed by atoms with Gasteiger partial charge in [0.2, 0.25) is 0 Å². The molecule has 1 aliphatic heterocycles. The van der Waals surface area contributed by atoms with Gasteiger partial charge in [0.1, 0.15) is 0 Å². The third-order valence-corrected chi connectivity index (χ3v) is 3.59. The molecule has 2 rings (SSSR count). The first kappa shape index (κ1) is 10.9. The van der Waals surface area contributed by atoms with Gasteiger partial charge in [-0.25, -0.2) is 0 Å². The predicted octanol–water partition coefficient (Wildman–Crippen LogP) is 4.26. The smallest absolute Gasteiger partial charge is 0.0195 e. The molecule has 0 saturated carbocycles. The summed E-state index contributed by atoms with van der Waals surface area (Å²) in [5.41, 5.74) is 1.27. The molecule has 1 heteroatoms. The van der Waals surface area contributed by atoms with E-state index in [2.05, 4.69) is 64.8 Å². The van der Waals surface area contributed by atoms with Crippen molar-refractivity contribution in [1.29, 1.82) is 0 Å². The monoisotopic (exact) mass is 226 g/mol. The predicted molar refractivity (Wildman–Crippen MR) is 75.8 cm³/mol. The molecule has 16 heavy (non-hydrogen) atoms. The minimum Gasteiger partial charge on any atom is -0.137 e. The molecule has 0 spiro atoms. The van der Waals surface area contributed by atoms with E-state index in [9.17, 15) is 0 Å². The van der Waals surface area contributed by atoms with Gasteiger partial charge in [-0.3, -0.25) is 0 Å². The molecule has 0 N–H and O–H groups in total. The Hall–Kier alpha value is -1.60. The molecule has 1 heterocycles. The molecule has 0 amide bonds. The maximum absolute atomic E-state index is 2.28. The molecular formula is C15H14S. The molecule has 80 valence electrons. The Morgan fingerprint density at radius 1 is 0.688 bits per heavy atom. The van der Waals surface area contributed by atoms with Crippen LogP contribution in [-0.2, 0) is 0 Å². The van der Waals surface area contributed by atoms with E-state index in [1.807, 2.05) is 18.2 Å². The third kappa shape index (κ3) is 3.52. The van der Waals surface area contributed by atoms with Crippen molar-refractivity contribution in [3.63, 3.8) is 0 Å². The summed E-state index contributed by atoms with van der Waals surface area (Å²) < 4.78 is 0. The van der Waals surface area contributed by atoms with Crippen molar-refractivity contribution in [3.05, 3.63) is 83.2 Å². The van der Waals surface area contributed by atoms with Gasteiger partial charge in [0.15, 0.2) is 0 Å². The number of benzene rings is 1. The maximum Gasteiger partial charge on any atom is -0.0195 e. The van der Waals surface area contributed by atoms with Crippen LogP contribution in [0.25, 0.3) is 0 Å². The standard InChI is InChI=1S/C15H14S/c1-2-4-9-13-16(12-8-3-1)14-15-10-6-5-7-11-15/h1-14H. The van der Waals surface area contributed by atoms with Gasteiger partial charge in [-0.2, -0.15) is 0 Å². The molecule has 0 unspecified atom stereocenters. The fourth-order valence-electron chi connectivity index (χ4n) is 1.34. The summed E-state index contributed by atoms with van der Waals surface area (Å²) in [6.45, 7) is 0. The van der Waals surface area contributed by atoms with Crippen molar-refractivity contribution >= 4 is 15.9 Å². The average molecular weight is 226 g/mol. The number of rotatable bonds is 1. The first-order valence-corrected chi connectivity index (χ1v) is 6.65. The molecule has 0 saturated heterocycles. The Morgan fingerprint density at radius 2 is 1.25 bits per heavy atom. The second-order valence-corrected chi connectivity index (χ2v) is 4.96. The molecule has 0 nitrogen and oxygen atoms in total. The van der Waals surface area contributed by atoms with E-state index in [-0.39, 0.29) is 10.5 Å². The average Bonchev–Trinajstić information content (AvgIpc) is 2.45. The minimum absolute atomic E-state index is 0.0762. The van der Waals surface area contributed by atoms with Gasteiger partial charge in [-0.05, 0) is 21.7 Å². The maximum atomic E-state index is 2.28. The van der Waals surface area contributed by atoms with Crippen LogP contribution < -0.4 is 0 Å². The van der Waals surface area contributed by atoms with E-state index >= 15 is 0 Å². The van der Waals surface area contributed by atoms with Gasteiger partial charge < -0.3 is 0 Å². The molecule has 0 radical (unpaired) electrons. The number of hydrogen-bond acceptors (Lipinski definition) is 0. The molecule has 0 aromatic heterocycles. The van der Waals surface area contributed by atoms with Gasteiger partial charge in [0.05, 0.1) is 0 Å². The van der Waals surface area contributed by atoms with Crippen LogP contribution in [0.2, 0.25) is 0 Å². The Bertz CT molecular complexity index is 449. The van der Waals surface area contributed by atoms with Gasteiger partial charge in [-0.1, -0.05) is 66.8 Å². The fraction of sp³-hybridized carbons (Fsp3) is 0. The van der Waals surface area contributed by atoms with Gasteiger partial charge >= 0.3 is 0 Å². The molecule has 0 atom stereocenters. The van der Waals surface area contributed by atoms with Crippen LogP contribution in [0.3, 0.4) is 0 Å². The van der Waals surface area contributed by atoms with Crippen LogP contribution in [0.1, 0.15) is 5.56 Å². The van der Waals surface area contributed by atoms with E-state index in [0.717, 1.165) is 0 Å². The number of allylic oxidation sites excluding steroid dienone is 6. The van der Waals surface area contributed by atoms with Crippen LogP contribution in [-0.4, -0.2) is 5.37 Å². The topological polar surface area (TPSA) is 0 Å². The summed E-state index contributed by atoms with van der Waals surface area (Å²) in [4.78, 5) is 0. The molecule has 0 aliphatic carbocycles. The lowest BCUT2D eigenvalue weighted by molar-refractivity contribution is 1.69. The van der Waals surface area contributed by atoms with Crippen molar-refractivity contribution in [2.24, 2.45) is 0 Å². The van der Waals surface area contributed by atoms with Crippen LogP contribution >= 0.6 is 10.5 Å². The van der Waals surface area contributed by atoms with Crippen LogP contribution in [0.4, 0.5) is 0 Å². The normalized spacial score (nSPS) is 18.9. The summed E-state index contributed by atoms with van der Waals surface area (Å²) in [6.07, 6.45) is 12.4. The van der Waals surface area contributed by atoms with E-state index in [4.69, 9.17) is 0 Å². The highest BCUT2D eigenvalue weighted by molar-refractivity contribution is 8.20. The van der Waals surface area contributed by atoms with E-state index < -0.39 is 0 Å². The van der Waals surface area contributed by atoms with E-state index in [0.29, 0.717) is 0 Å². The summed E-state index contributed by atoms with van der Waals surface area (Å²) in [5, 5.41) is 6.71. The Labute approximate surface area is 99.2 Å². The second-order valence-electron chi connectivity index (χ2n) is 3.36. The van der Waals surface area contributed by atoms with Crippen molar-refractivity contribution in [3.8, 4) is 0 Å². The second kappa shape index (κ2) is 6.09. The first-order chi connectivity index (χ1) is 7.95. The van der Waals surface area contributed by atoms with Gasteiger partial charge in [0, 0.05) is 0 Å². The molecule has 0 bridgehead atoms. The van der Waals surface area contributed by atoms with Crippen LogP contribution in [0.5, 0.6) is 0 Å². The third-order valence-electron chi connectivity index (χ3n) is 2.10. The molecule has 1 aromatic carbocycles. The SMILES string of the molecule is C1=CC=CS(=Cc2ccccc2)C=CC=C1. The highest BCUT2D eigenvalue weighted by Crippen LogP contribution is 2.18. The van der Waals surface area contributed by atoms with Crippen molar-refractivity contribution in [2.45, 2.75) is 0 Å². The van der Waals surface area contributed by atoms with E-state index in [1.165, 1.54) is 5.56 Å². The Kier molecular flexibility index (Phi) is 4.15. The highest BCUT2D eigenvalue weighted by Gasteiger charge is 1.87. The largest absolute Gasteiger partial charge is 0.137 e. The quantitative estimate of drug-likeness (QED) is 0.628. The van der Waals surface area contributed by atoms with Crippen molar-refractivity contribution in [1.82, 2.24) is 0 Å². The van der Waals surface area contributed by atoms with E-state index in [1.54, 1.807) is 0 Å². The molecular weight excluding hydrogens is 212 g/mol. The lowest BCUT2D eigenvalue weighted by atomic mass is 10.2. The zero-order chi connectivity index (χ0) is 11.1. The van der Waals surface area contributed by atoms with Gasteiger partial charge in [0.25, 0.3) is 0 Å². The summed E-state index contributed by atoms with van der Waals surface area (Å²) in [7, 11) is 0.0762. The minimum atomic E-state index is 0.0762. The van der Waals surface area contributed by atoms with Crippen molar-refractivity contribution in [2.75, 3.05) is 0 Å². The van der Waals surface area contributed by atoms with Gasteiger partial charge in [-0.15, -0.1) is 10.5 Å². The summed E-state index contributed by atoms with van der Waals surface area (Å²) in [5.74, 6) is 0. The Morgan fingerprint density at radius 3 is 1.88 bits per heavy atom. The highest BCUT2D eigenvalue weighted by atomic mass is 32.2. The lowest BCUT2D eigenvalue weighted by Crippen LogP contribution is -1.77. The Balaban J connectivity index is 2.28. The lowest BCUT2D eigenvalue weighted by Gasteiger charge is -1.97. The molecule has 0 fully saturated rings. The summed E-state index contributed by atoms with van der Waals surface area (Å²) >= 11 is 0. The summed E-state index contributed by atoms with van der Waals surface area (Å²) in [6, 6.07) is 10.4. The van der Waals surface area contributed by atoms with Crippen LogP contribution in [0.15, 0.2) is 77.6 Å². The number of hydrogen-bond donors (Lipinski definition) is 0. The molecule has 1 aromatic rings. The zero-order valence-corrected chi connectivity index (χ0v) is 9.81. The molecule has 1 aliphatic rings. The van der Waals surface area contributed by atoms with Crippen molar-refractivity contribution < 1.29 is 0 Å². The zero-order valence-electron chi connectivity index (χ0n) is 8.99. The van der Waals surface area contributed by atoms with Crippen LogP contribution in [0, 0.1) is 0 Å².